The lowest BCUT2D eigenvalue weighted by Crippen LogP contribution is -2.43. The van der Waals surface area contributed by atoms with E-state index in [4.69, 9.17) is 36.7 Å². The zero-order valence-corrected chi connectivity index (χ0v) is 28.5. The Morgan fingerprint density at radius 3 is 1.43 bits per heavy atom. The fourth-order valence-electron chi connectivity index (χ4n) is 4.42. The first kappa shape index (κ1) is 35.8. The Kier molecular flexibility index (Phi) is 17.5. The zero-order chi connectivity index (χ0) is 30.7. The molecule has 0 heterocycles. The van der Waals surface area contributed by atoms with Gasteiger partial charge in [0.2, 0.25) is 0 Å². The Labute approximate surface area is 270 Å². The fourth-order valence-corrected chi connectivity index (χ4v) is 4.96. The highest BCUT2D eigenvalue weighted by Crippen LogP contribution is 2.14. The lowest BCUT2D eigenvalue weighted by atomic mass is 10.0. The summed E-state index contributed by atoms with van der Waals surface area (Å²) in [6.45, 7) is 17.5. The molecule has 0 fully saturated rings. The number of benzene rings is 2. The van der Waals surface area contributed by atoms with Crippen LogP contribution < -0.4 is 31.9 Å². The lowest BCUT2D eigenvalue weighted by Gasteiger charge is -2.24. The van der Waals surface area contributed by atoms with Gasteiger partial charge in [-0.1, -0.05) is 64.2 Å². The number of anilines is 2. The van der Waals surface area contributed by atoms with Crippen molar-refractivity contribution < 1.29 is 0 Å². The lowest BCUT2D eigenvalue weighted by molar-refractivity contribution is 0.281. The van der Waals surface area contributed by atoms with Crippen LogP contribution in [0.4, 0.5) is 11.4 Å². The van der Waals surface area contributed by atoms with Gasteiger partial charge in [0.15, 0.2) is 10.2 Å². The number of rotatable bonds is 18. The van der Waals surface area contributed by atoms with E-state index in [0.29, 0.717) is 22.1 Å². The van der Waals surface area contributed by atoms with Gasteiger partial charge in [0, 0.05) is 63.7 Å². The fraction of sp³-hybridized carbons (Fsp3) is 0.531. The maximum absolute atomic E-state index is 5.55. The summed E-state index contributed by atoms with van der Waals surface area (Å²) in [6, 6.07) is 17.0. The van der Waals surface area contributed by atoms with Crippen molar-refractivity contribution in [3.8, 4) is 0 Å². The third kappa shape index (κ3) is 16.9. The van der Waals surface area contributed by atoms with E-state index in [1.165, 1.54) is 11.1 Å². The van der Waals surface area contributed by atoms with E-state index in [9.17, 15) is 0 Å². The molecule has 0 radical (unpaired) electrons. The van der Waals surface area contributed by atoms with Crippen molar-refractivity contribution in [2.45, 2.75) is 47.5 Å². The summed E-state index contributed by atoms with van der Waals surface area (Å²) < 4.78 is 0. The standard InChI is InChI=1S/C32H51N7S3/c1-24(2)22-27-6-10-29(11-7-27)37-31(41)35-17-20-39(19-16-33-14-15-34-26(5)40)21-18-36-32(42)38-30-12-8-28(9-13-30)23-25(3)4/h6-13,24-25,33H,14-23H2,1-5H3,(H,34,40)(H2,35,37,41)(H2,36,38,42). The second kappa shape index (κ2) is 20.5. The largest absolute Gasteiger partial charge is 0.379 e. The molecule has 0 bridgehead atoms. The number of nitrogens with one attached hydrogen (secondary N) is 6. The Morgan fingerprint density at radius 2 is 1.02 bits per heavy atom. The average Bonchev–Trinajstić information content (AvgIpc) is 2.91. The summed E-state index contributed by atoms with van der Waals surface area (Å²) in [5.41, 5.74) is 4.69. The second-order valence-electron chi connectivity index (χ2n) is 11.4. The van der Waals surface area contributed by atoms with Crippen molar-refractivity contribution >= 4 is 63.2 Å². The van der Waals surface area contributed by atoms with E-state index in [1.807, 2.05) is 6.92 Å². The molecular weight excluding hydrogens is 579 g/mol. The highest BCUT2D eigenvalue weighted by Gasteiger charge is 2.07. The van der Waals surface area contributed by atoms with Crippen molar-refractivity contribution in [3.63, 3.8) is 0 Å². The summed E-state index contributed by atoms with van der Waals surface area (Å²) >= 11 is 16.2. The van der Waals surface area contributed by atoms with E-state index in [-0.39, 0.29) is 0 Å². The minimum Gasteiger partial charge on any atom is -0.379 e. The van der Waals surface area contributed by atoms with Gasteiger partial charge in [-0.2, -0.15) is 0 Å². The summed E-state index contributed by atoms with van der Waals surface area (Å²) in [7, 11) is 0. The molecule has 2 aromatic carbocycles. The quantitative estimate of drug-likeness (QED) is 0.0981. The Balaban J connectivity index is 1.77. The number of thiocarbonyl (C=S) groups is 3. The average molecular weight is 630 g/mol. The van der Waals surface area contributed by atoms with Gasteiger partial charge in [-0.15, -0.1) is 0 Å². The Morgan fingerprint density at radius 1 is 0.595 bits per heavy atom. The van der Waals surface area contributed by atoms with Gasteiger partial charge < -0.3 is 31.9 Å². The van der Waals surface area contributed by atoms with E-state index >= 15 is 0 Å². The maximum atomic E-state index is 5.55. The van der Waals surface area contributed by atoms with Crippen LogP contribution in [0.3, 0.4) is 0 Å². The van der Waals surface area contributed by atoms with Gasteiger partial charge in [-0.25, -0.2) is 0 Å². The van der Waals surface area contributed by atoms with Crippen LogP contribution in [0.1, 0.15) is 45.7 Å². The third-order valence-electron chi connectivity index (χ3n) is 6.42. The van der Waals surface area contributed by atoms with Gasteiger partial charge in [-0.3, -0.25) is 4.90 Å². The number of hydrogen-bond donors (Lipinski definition) is 6. The summed E-state index contributed by atoms with van der Waals surface area (Å²) in [5.74, 6) is 1.29. The summed E-state index contributed by atoms with van der Waals surface area (Å²) in [5, 5.41) is 21.2. The number of hydrogen-bond acceptors (Lipinski definition) is 5. The van der Waals surface area contributed by atoms with Crippen molar-refractivity contribution in [2.75, 3.05) is 63.0 Å². The number of nitrogens with zero attached hydrogens (tertiary/aromatic N) is 1. The van der Waals surface area contributed by atoms with E-state index < -0.39 is 0 Å². The van der Waals surface area contributed by atoms with Gasteiger partial charge in [0.05, 0.1) is 4.99 Å². The van der Waals surface area contributed by atoms with Crippen LogP contribution in [0.2, 0.25) is 0 Å². The molecule has 0 aliphatic rings. The first-order valence-corrected chi connectivity index (χ1v) is 16.3. The summed E-state index contributed by atoms with van der Waals surface area (Å²) in [4.78, 5) is 3.22. The van der Waals surface area contributed by atoms with Gasteiger partial charge >= 0.3 is 0 Å². The van der Waals surface area contributed by atoms with Crippen LogP contribution in [-0.2, 0) is 12.8 Å². The molecule has 0 saturated carbocycles. The van der Waals surface area contributed by atoms with E-state index in [0.717, 1.165) is 81.6 Å². The van der Waals surface area contributed by atoms with Crippen LogP contribution in [-0.4, -0.2) is 72.5 Å². The SMILES string of the molecule is CC(=S)NCCNCCN(CCNC(=S)Nc1ccc(CC(C)C)cc1)CCNC(=S)Nc1ccc(CC(C)C)cc1. The van der Waals surface area contributed by atoms with Crippen molar-refractivity contribution in [3.05, 3.63) is 59.7 Å². The molecule has 7 nitrogen and oxygen atoms in total. The predicted molar refractivity (Wildman–Crippen MR) is 194 cm³/mol. The van der Waals surface area contributed by atoms with Crippen molar-refractivity contribution in [2.24, 2.45) is 11.8 Å². The van der Waals surface area contributed by atoms with Crippen LogP contribution >= 0.6 is 36.7 Å². The van der Waals surface area contributed by atoms with Crippen molar-refractivity contribution in [1.29, 1.82) is 0 Å². The molecule has 0 saturated heterocycles. The molecule has 0 atom stereocenters. The molecule has 0 aliphatic heterocycles. The molecule has 0 aromatic heterocycles. The molecule has 0 amide bonds. The van der Waals surface area contributed by atoms with E-state index in [2.05, 4.69) is 113 Å². The van der Waals surface area contributed by atoms with Crippen LogP contribution in [0.15, 0.2) is 48.5 Å². The highest BCUT2D eigenvalue weighted by molar-refractivity contribution is 7.80. The molecule has 6 N–H and O–H groups in total. The zero-order valence-electron chi connectivity index (χ0n) is 26.0. The Hall–Kier alpha value is -2.37. The second-order valence-corrected chi connectivity index (χ2v) is 12.9. The van der Waals surface area contributed by atoms with Gasteiger partial charge in [0.1, 0.15) is 0 Å². The smallest absolute Gasteiger partial charge is 0.170 e. The van der Waals surface area contributed by atoms with Gasteiger partial charge in [-0.05, 0) is 91.4 Å². The predicted octanol–water partition coefficient (Wildman–Crippen LogP) is 5.19. The van der Waals surface area contributed by atoms with Gasteiger partial charge in [0.25, 0.3) is 0 Å². The maximum Gasteiger partial charge on any atom is 0.170 e. The molecular formula is C32H51N7S3. The Bertz CT molecular complexity index is 999. The van der Waals surface area contributed by atoms with Crippen LogP contribution in [0.25, 0.3) is 0 Å². The van der Waals surface area contributed by atoms with Crippen LogP contribution in [0.5, 0.6) is 0 Å². The normalized spacial score (nSPS) is 11.0. The molecule has 2 aromatic rings. The molecule has 0 aliphatic carbocycles. The van der Waals surface area contributed by atoms with Crippen LogP contribution in [0, 0.1) is 11.8 Å². The molecule has 0 unspecified atom stereocenters. The first-order chi connectivity index (χ1) is 20.1. The highest BCUT2D eigenvalue weighted by atomic mass is 32.1. The molecule has 232 valence electrons. The van der Waals surface area contributed by atoms with Crippen molar-refractivity contribution in [1.82, 2.24) is 26.2 Å². The molecule has 0 spiro atoms. The molecule has 10 heteroatoms. The summed E-state index contributed by atoms with van der Waals surface area (Å²) in [6.07, 6.45) is 2.16. The minimum absolute atomic E-state index is 0.634. The first-order valence-electron chi connectivity index (χ1n) is 15.1. The molecule has 42 heavy (non-hydrogen) atoms. The third-order valence-corrected chi connectivity index (χ3v) is 7.06. The minimum atomic E-state index is 0.634. The van der Waals surface area contributed by atoms with E-state index in [1.54, 1.807) is 0 Å². The topological polar surface area (TPSA) is 75.4 Å². The monoisotopic (exact) mass is 629 g/mol. The molecule has 2 rings (SSSR count).